The van der Waals surface area contributed by atoms with Crippen molar-refractivity contribution >= 4 is 64.8 Å². The fourth-order valence-electron chi connectivity index (χ4n) is 3.95. The van der Waals surface area contributed by atoms with Crippen LogP contribution in [0.15, 0.2) is 73.7 Å². The zero-order chi connectivity index (χ0) is 28.1. The quantitative estimate of drug-likeness (QED) is 0.172. The van der Waals surface area contributed by atoms with Crippen LogP contribution in [0.4, 0.5) is 10.5 Å². The summed E-state index contributed by atoms with van der Waals surface area (Å²) in [7, 11) is 0. The van der Waals surface area contributed by atoms with E-state index in [0.717, 1.165) is 26.0 Å². The molecular formula is C28H25AsClN5O5. The van der Waals surface area contributed by atoms with Crippen molar-refractivity contribution in [3.05, 3.63) is 84.4 Å². The van der Waals surface area contributed by atoms with Crippen LogP contribution in [0, 0.1) is 0 Å². The molecular weight excluding hydrogens is 597 g/mol. The van der Waals surface area contributed by atoms with Crippen molar-refractivity contribution in [2.75, 3.05) is 11.9 Å². The monoisotopic (exact) mass is 621 g/mol. The normalized spacial score (nSPS) is 13.6. The van der Waals surface area contributed by atoms with Crippen molar-refractivity contribution in [1.82, 2.24) is 20.3 Å². The molecule has 2 amide bonds. The summed E-state index contributed by atoms with van der Waals surface area (Å²) >= 11 is 5.58. The van der Waals surface area contributed by atoms with E-state index in [1.807, 2.05) is 36.4 Å². The molecule has 0 spiro atoms. The summed E-state index contributed by atoms with van der Waals surface area (Å²) < 4.78 is 13.7. The second-order valence-electron chi connectivity index (χ2n) is 9.16. The number of nitrogens with zero attached hydrogens (tertiary/aromatic N) is 3. The van der Waals surface area contributed by atoms with Crippen molar-refractivity contribution < 1.29 is 24.2 Å². The number of fused-ring (bicyclic) bond motifs is 1. The Labute approximate surface area is 241 Å². The maximum absolute atomic E-state index is 12.2. The van der Waals surface area contributed by atoms with Gasteiger partial charge in [0.1, 0.15) is 0 Å². The SMILES string of the molecule is C=CC(=O)Nc1cc2c([AsH]c3ccc(OCc4ccccn4)c(Cl)c3)ncnc2cc1OCC1(NC(=O)O)CC1. The van der Waals surface area contributed by atoms with Crippen LogP contribution in [0.3, 0.4) is 0 Å². The van der Waals surface area contributed by atoms with E-state index in [4.69, 9.17) is 26.2 Å². The van der Waals surface area contributed by atoms with E-state index >= 15 is 0 Å². The van der Waals surface area contributed by atoms with E-state index in [1.165, 1.54) is 6.33 Å². The first-order chi connectivity index (χ1) is 19.3. The molecule has 4 aromatic rings. The van der Waals surface area contributed by atoms with Gasteiger partial charge in [-0.2, -0.15) is 0 Å². The molecule has 3 N–H and O–H groups in total. The van der Waals surface area contributed by atoms with E-state index < -0.39 is 33.3 Å². The second-order valence-corrected chi connectivity index (χ2v) is 12.3. The Kier molecular flexibility index (Phi) is 8.18. The second kappa shape index (κ2) is 11.9. The van der Waals surface area contributed by atoms with E-state index in [-0.39, 0.29) is 6.61 Å². The topological polar surface area (TPSA) is 136 Å². The van der Waals surface area contributed by atoms with Crippen molar-refractivity contribution in [3.8, 4) is 11.5 Å². The molecule has 2 heterocycles. The molecule has 0 bridgehead atoms. The number of pyridine rings is 1. The molecule has 204 valence electrons. The number of rotatable bonds is 11. The molecule has 0 radical (unpaired) electrons. The minimum absolute atomic E-state index is 0.126. The number of carbonyl (C=O) groups is 2. The zero-order valence-electron chi connectivity index (χ0n) is 21.2. The summed E-state index contributed by atoms with van der Waals surface area (Å²) in [4.78, 5) is 36.5. The predicted octanol–water partition coefficient (Wildman–Crippen LogP) is 2.95. The number of carbonyl (C=O) groups excluding carboxylic acids is 1. The maximum atomic E-state index is 12.2. The molecule has 2 aromatic heterocycles. The molecule has 1 atom stereocenters. The van der Waals surface area contributed by atoms with E-state index in [0.29, 0.717) is 47.2 Å². The van der Waals surface area contributed by atoms with Crippen molar-refractivity contribution in [3.63, 3.8) is 0 Å². The number of carboxylic acid groups (broad SMARTS) is 1. The van der Waals surface area contributed by atoms with E-state index in [2.05, 4.69) is 32.2 Å². The van der Waals surface area contributed by atoms with Gasteiger partial charge in [-0.1, -0.05) is 0 Å². The van der Waals surface area contributed by atoms with Gasteiger partial charge in [0.05, 0.1) is 0 Å². The summed E-state index contributed by atoms with van der Waals surface area (Å²) in [5, 5.41) is 15.7. The number of hydrogen-bond acceptors (Lipinski definition) is 7. The number of halogens is 1. The van der Waals surface area contributed by atoms with Crippen LogP contribution < -0.4 is 28.9 Å². The summed E-state index contributed by atoms with van der Waals surface area (Å²) in [6.07, 6.45) is 4.62. The van der Waals surface area contributed by atoms with Crippen LogP contribution in [-0.4, -0.2) is 60.0 Å². The van der Waals surface area contributed by atoms with Crippen LogP contribution in [0.2, 0.25) is 5.02 Å². The molecule has 1 aliphatic rings. The Morgan fingerprint density at radius 2 is 1.95 bits per heavy atom. The van der Waals surface area contributed by atoms with Gasteiger partial charge < -0.3 is 0 Å². The van der Waals surface area contributed by atoms with E-state index in [9.17, 15) is 9.59 Å². The van der Waals surface area contributed by atoms with Crippen LogP contribution in [0.25, 0.3) is 10.9 Å². The Morgan fingerprint density at radius 3 is 2.65 bits per heavy atom. The molecule has 2 aromatic carbocycles. The zero-order valence-corrected chi connectivity index (χ0v) is 24.0. The van der Waals surface area contributed by atoms with Gasteiger partial charge in [-0.25, -0.2) is 0 Å². The number of benzene rings is 2. The Balaban J connectivity index is 1.38. The molecule has 1 unspecified atom stereocenters. The van der Waals surface area contributed by atoms with Crippen molar-refractivity contribution in [1.29, 1.82) is 0 Å². The molecule has 10 nitrogen and oxygen atoms in total. The fourth-order valence-corrected chi connectivity index (χ4v) is 6.71. The first-order valence-electron chi connectivity index (χ1n) is 12.3. The predicted molar refractivity (Wildman–Crippen MR) is 153 cm³/mol. The molecule has 1 saturated carbocycles. The van der Waals surface area contributed by atoms with Gasteiger partial charge in [0.2, 0.25) is 0 Å². The van der Waals surface area contributed by atoms with Gasteiger partial charge in [-0.3, -0.25) is 0 Å². The number of hydrogen-bond donors (Lipinski definition) is 3. The first kappa shape index (κ1) is 27.4. The molecule has 0 saturated heterocycles. The van der Waals surface area contributed by atoms with Gasteiger partial charge in [0, 0.05) is 0 Å². The Bertz CT molecular complexity index is 1580. The van der Waals surface area contributed by atoms with Gasteiger partial charge >= 0.3 is 242 Å². The number of nitrogens with one attached hydrogen (secondary N) is 2. The number of aromatic nitrogens is 3. The first-order valence-corrected chi connectivity index (χ1v) is 14.8. The van der Waals surface area contributed by atoms with Gasteiger partial charge in [0.15, 0.2) is 0 Å². The van der Waals surface area contributed by atoms with Crippen LogP contribution in [-0.2, 0) is 11.4 Å². The van der Waals surface area contributed by atoms with Crippen LogP contribution in [0.5, 0.6) is 11.5 Å². The summed E-state index contributed by atoms with van der Waals surface area (Å²) in [5.74, 6) is 0.539. The van der Waals surface area contributed by atoms with Crippen LogP contribution in [0.1, 0.15) is 18.5 Å². The van der Waals surface area contributed by atoms with E-state index in [1.54, 1.807) is 18.3 Å². The van der Waals surface area contributed by atoms with Crippen molar-refractivity contribution in [2.45, 2.75) is 25.0 Å². The van der Waals surface area contributed by atoms with Gasteiger partial charge in [0.25, 0.3) is 0 Å². The third-order valence-corrected chi connectivity index (χ3v) is 9.09. The van der Waals surface area contributed by atoms with Gasteiger partial charge in [-0.05, 0) is 0 Å². The summed E-state index contributed by atoms with van der Waals surface area (Å²) in [5.41, 5.74) is 1.23. The minimum atomic E-state index is -1.10. The molecule has 0 aliphatic heterocycles. The molecule has 1 aliphatic carbocycles. The third kappa shape index (κ3) is 6.70. The van der Waals surface area contributed by atoms with Gasteiger partial charge in [-0.15, -0.1) is 0 Å². The van der Waals surface area contributed by atoms with Crippen molar-refractivity contribution in [2.24, 2.45) is 0 Å². The summed E-state index contributed by atoms with van der Waals surface area (Å²) in [6, 6.07) is 14.8. The Morgan fingerprint density at radius 1 is 1.10 bits per heavy atom. The Hall–Kier alpha value is -4.14. The number of anilines is 1. The molecule has 1 fully saturated rings. The third-order valence-electron chi connectivity index (χ3n) is 6.21. The summed E-state index contributed by atoms with van der Waals surface area (Å²) in [6.45, 7) is 3.96. The average Bonchev–Trinajstić information content (AvgIpc) is 3.71. The standard InChI is InChI=1S/C28H25AsClN5O5/c1-2-25(36)34-22-12-19-21(13-24(22)40-15-28(8-9-28)35-27(37)38)32-16-33-26(19)29-17-6-7-23(20(30)11-17)39-14-18-5-3-4-10-31-18/h2-7,10-13,16,29,35H,1,8-9,14-15H2,(H,34,36)(H,37,38). The molecule has 5 rings (SSSR count). The average molecular weight is 622 g/mol. The molecule has 12 heteroatoms. The fraction of sp³-hybridized carbons (Fsp3) is 0.179. The number of amides is 2. The number of ether oxygens (including phenoxy) is 2. The van der Waals surface area contributed by atoms with Crippen LogP contribution >= 0.6 is 11.6 Å². The molecule has 40 heavy (non-hydrogen) atoms.